The molecule has 0 N–H and O–H groups in total. The summed E-state index contributed by atoms with van der Waals surface area (Å²) in [7, 11) is -2.15. The topological polar surface area (TPSA) is 121 Å². The number of sulfone groups is 1. The first-order valence-electron chi connectivity index (χ1n) is 10.3. The Morgan fingerprint density at radius 2 is 1.84 bits per heavy atom. The van der Waals surface area contributed by atoms with Gasteiger partial charge in [-0.15, -0.1) is 0 Å². The molecule has 0 saturated carbocycles. The second kappa shape index (κ2) is 9.97. The number of carbonyl (C=O) groups excluding carboxylic acids is 1. The molecular weight excluding hydrogens is 438 g/mol. The van der Waals surface area contributed by atoms with Crippen molar-refractivity contribution in [1.82, 2.24) is 15.0 Å². The van der Waals surface area contributed by atoms with Crippen LogP contribution in [0.4, 0.5) is 4.79 Å². The summed E-state index contributed by atoms with van der Waals surface area (Å²) in [6.07, 6.45) is 1.07. The molecule has 0 radical (unpaired) electrons. The van der Waals surface area contributed by atoms with Crippen LogP contribution >= 0.6 is 0 Å². The van der Waals surface area contributed by atoms with Gasteiger partial charge in [-0.25, -0.2) is 13.2 Å². The zero-order valence-electron chi connectivity index (χ0n) is 18.7. The molecule has 0 spiro atoms. The van der Waals surface area contributed by atoms with Crippen LogP contribution in [0.1, 0.15) is 39.4 Å². The van der Waals surface area contributed by atoms with E-state index < -0.39 is 15.4 Å². The van der Waals surface area contributed by atoms with Gasteiger partial charge in [0.2, 0.25) is 9.84 Å². The number of ether oxygens (including phenoxy) is 3. The Morgan fingerprint density at radius 1 is 1.19 bits per heavy atom. The number of rotatable bonds is 7. The summed E-state index contributed by atoms with van der Waals surface area (Å²) >= 11 is 0. The van der Waals surface area contributed by atoms with Gasteiger partial charge in [0, 0.05) is 25.8 Å². The Kier molecular flexibility index (Phi) is 7.52. The molecular formula is C21H29N3O7S. The fourth-order valence-corrected chi connectivity index (χ4v) is 4.18. The fourth-order valence-electron chi connectivity index (χ4n) is 3.18. The summed E-state index contributed by atoms with van der Waals surface area (Å²) < 4.78 is 45.3. The van der Waals surface area contributed by atoms with E-state index in [4.69, 9.17) is 18.7 Å². The number of likely N-dealkylation sites (tertiary alicyclic amines) is 1. The van der Waals surface area contributed by atoms with Crippen LogP contribution in [-0.2, 0) is 30.7 Å². The average molecular weight is 468 g/mol. The molecule has 1 aromatic heterocycles. The molecule has 0 unspecified atom stereocenters. The molecule has 10 nitrogen and oxygen atoms in total. The maximum atomic E-state index is 12.1. The third-order valence-corrected chi connectivity index (χ3v) is 6.28. The first-order chi connectivity index (χ1) is 15.1. The quantitative estimate of drug-likeness (QED) is 0.605. The Morgan fingerprint density at radius 3 is 2.44 bits per heavy atom. The Labute approximate surface area is 187 Å². The highest BCUT2D eigenvalue weighted by atomic mass is 32.2. The van der Waals surface area contributed by atoms with Gasteiger partial charge < -0.3 is 23.6 Å². The number of aromatic nitrogens is 2. The normalized spacial score (nSPS) is 15.7. The zero-order chi connectivity index (χ0) is 23.4. The lowest BCUT2D eigenvalue weighted by molar-refractivity contribution is -0.0190. The van der Waals surface area contributed by atoms with Gasteiger partial charge in [0.1, 0.15) is 12.2 Å². The van der Waals surface area contributed by atoms with E-state index in [9.17, 15) is 13.2 Å². The second-order valence-corrected chi connectivity index (χ2v) is 10.5. The Balaban J connectivity index is 1.50. The average Bonchev–Trinajstić information content (AvgIpc) is 3.20. The van der Waals surface area contributed by atoms with E-state index in [0.717, 1.165) is 0 Å². The predicted molar refractivity (Wildman–Crippen MR) is 114 cm³/mol. The minimum absolute atomic E-state index is 0.0130. The van der Waals surface area contributed by atoms with E-state index >= 15 is 0 Å². The van der Waals surface area contributed by atoms with Gasteiger partial charge in [-0.3, -0.25) is 0 Å². The number of piperidine rings is 1. The molecule has 11 heteroatoms. The number of nitrogens with zero attached hydrogens (tertiary/aromatic N) is 3. The van der Waals surface area contributed by atoms with Crippen LogP contribution in [0.15, 0.2) is 33.7 Å². The molecule has 1 aromatic carbocycles. The van der Waals surface area contributed by atoms with Gasteiger partial charge >= 0.3 is 6.09 Å². The van der Waals surface area contributed by atoms with Gasteiger partial charge in [0.05, 0.1) is 11.0 Å². The smallest absolute Gasteiger partial charge is 0.410 e. The summed E-state index contributed by atoms with van der Waals surface area (Å²) in [6, 6.07) is 6.16. The van der Waals surface area contributed by atoms with E-state index in [1.807, 2.05) is 20.8 Å². The highest BCUT2D eigenvalue weighted by Crippen LogP contribution is 2.22. The predicted octanol–water partition coefficient (Wildman–Crippen LogP) is 3.03. The molecule has 0 atom stereocenters. The van der Waals surface area contributed by atoms with E-state index in [1.54, 1.807) is 17.0 Å². The van der Waals surface area contributed by atoms with Crippen molar-refractivity contribution in [2.24, 2.45) is 0 Å². The van der Waals surface area contributed by atoms with Crippen LogP contribution in [0.3, 0.4) is 0 Å². The van der Waals surface area contributed by atoms with Crippen molar-refractivity contribution in [1.29, 1.82) is 0 Å². The maximum Gasteiger partial charge on any atom is 0.410 e. The molecule has 1 aliphatic heterocycles. The van der Waals surface area contributed by atoms with Gasteiger partial charge in [-0.05, 0) is 57.9 Å². The molecule has 2 heterocycles. The van der Waals surface area contributed by atoms with Gasteiger partial charge in [-0.1, -0.05) is 5.16 Å². The molecule has 3 rings (SSSR count). The van der Waals surface area contributed by atoms with Crippen molar-refractivity contribution in [2.75, 3.05) is 26.1 Å². The minimum atomic E-state index is -3.48. The third kappa shape index (κ3) is 6.50. The number of carbonyl (C=O) groups is 1. The number of amides is 1. The Bertz CT molecular complexity index is 1000. The highest BCUT2D eigenvalue weighted by molar-refractivity contribution is 7.91. The fraction of sp³-hybridized carbons (Fsp3) is 0.571. The lowest BCUT2D eigenvalue weighted by Crippen LogP contribution is -2.43. The SMILES string of the molecule is COCS(=O)(=O)c1ccc(-c2nc(COC3CCN(C(=O)OC(C)(C)C)CC3)no2)cc1. The molecule has 1 saturated heterocycles. The molecule has 1 fully saturated rings. The molecule has 0 aliphatic carbocycles. The van der Waals surface area contributed by atoms with Crippen LogP contribution in [0.5, 0.6) is 0 Å². The van der Waals surface area contributed by atoms with E-state index in [0.29, 0.717) is 37.3 Å². The van der Waals surface area contributed by atoms with Crippen molar-refractivity contribution in [2.45, 2.75) is 56.8 Å². The second-order valence-electron chi connectivity index (χ2n) is 8.54. The monoisotopic (exact) mass is 467 g/mol. The first kappa shape index (κ1) is 24.1. The summed E-state index contributed by atoms with van der Waals surface area (Å²) in [6.45, 7) is 6.85. The minimum Gasteiger partial charge on any atom is -0.444 e. The van der Waals surface area contributed by atoms with Crippen molar-refractivity contribution < 1.29 is 31.9 Å². The molecule has 2 aromatic rings. The highest BCUT2D eigenvalue weighted by Gasteiger charge is 2.27. The molecule has 1 amide bonds. The lowest BCUT2D eigenvalue weighted by Gasteiger charge is -2.33. The van der Waals surface area contributed by atoms with Gasteiger partial charge in [0.25, 0.3) is 5.89 Å². The molecule has 176 valence electrons. The van der Waals surface area contributed by atoms with E-state index in [1.165, 1.54) is 19.2 Å². The Hall–Kier alpha value is -2.50. The lowest BCUT2D eigenvalue weighted by atomic mass is 10.1. The van der Waals surface area contributed by atoms with E-state index in [2.05, 4.69) is 10.1 Å². The molecule has 1 aliphatic rings. The number of methoxy groups -OCH3 is 1. The maximum absolute atomic E-state index is 12.1. The van der Waals surface area contributed by atoms with Crippen LogP contribution in [0, 0.1) is 0 Å². The summed E-state index contributed by atoms with van der Waals surface area (Å²) in [5.74, 6) is 0.287. The summed E-state index contributed by atoms with van der Waals surface area (Å²) in [5.41, 5.74) is 0.0880. The largest absolute Gasteiger partial charge is 0.444 e. The van der Waals surface area contributed by atoms with Crippen molar-refractivity contribution in [3.8, 4) is 11.5 Å². The number of benzene rings is 1. The van der Waals surface area contributed by atoms with Crippen molar-refractivity contribution >= 4 is 15.9 Å². The standard InChI is InChI=1S/C21H29N3O7S/c1-21(2,3)30-20(25)24-11-9-16(10-12-24)29-13-18-22-19(31-23-18)15-5-7-17(8-6-15)32(26,27)14-28-4/h5-8,16H,9-14H2,1-4H3. The summed E-state index contributed by atoms with van der Waals surface area (Å²) in [5, 5.41) is 3.93. The first-order valence-corrected chi connectivity index (χ1v) is 12.0. The van der Waals surface area contributed by atoms with Crippen LogP contribution in [0.2, 0.25) is 0 Å². The number of hydrogen-bond acceptors (Lipinski definition) is 9. The van der Waals surface area contributed by atoms with Gasteiger partial charge in [0.15, 0.2) is 11.8 Å². The number of hydrogen-bond donors (Lipinski definition) is 0. The molecule has 32 heavy (non-hydrogen) atoms. The molecule has 0 bridgehead atoms. The van der Waals surface area contributed by atoms with Crippen LogP contribution in [0.25, 0.3) is 11.5 Å². The summed E-state index contributed by atoms with van der Waals surface area (Å²) in [4.78, 5) is 18.3. The van der Waals surface area contributed by atoms with Gasteiger partial charge in [-0.2, -0.15) is 4.98 Å². The van der Waals surface area contributed by atoms with Crippen LogP contribution in [-0.4, -0.2) is 67.4 Å². The zero-order valence-corrected chi connectivity index (χ0v) is 19.6. The van der Waals surface area contributed by atoms with Crippen molar-refractivity contribution in [3.05, 3.63) is 30.1 Å². The third-order valence-electron chi connectivity index (χ3n) is 4.74. The van der Waals surface area contributed by atoms with Crippen molar-refractivity contribution in [3.63, 3.8) is 0 Å². The van der Waals surface area contributed by atoms with Crippen LogP contribution < -0.4 is 0 Å². The van der Waals surface area contributed by atoms with E-state index in [-0.39, 0.29) is 35.5 Å².